The van der Waals surface area contributed by atoms with Crippen molar-refractivity contribution < 1.29 is 13.2 Å². The first-order chi connectivity index (χ1) is 12.4. The smallest absolute Gasteiger partial charge is 0.257 e. The van der Waals surface area contributed by atoms with Gasteiger partial charge in [0.1, 0.15) is 0 Å². The van der Waals surface area contributed by atoms with Crippen LogP contribution in [0.15, 0.2) is 47.4 Å². The van der Waals surface area contributed by atoms with Crippen molar-refractivity contribution in [2.75, 3.05) is 18.4 Å². The summed E-state index contributed by atoms with van der Waals surface area (Å²) < 4.78 is 27.5. The summed E-state index contributed by atoms with van der Waals surface area (Å²) in [5, 5.41) is 3.37. The number of aryl methyl sites for hydroxylation is 1. The Labute approximate surface area is 159 Å². The summed E-state index contributed by atoms with van der Waals surface area (Å²) in [5.74, 6) is -0.452. The molecule has 2 aromatic rings. The van der Waals surface area contributed by atoms with Crippen molar-refractivity contribution in [2.24, 2.45) is 0 Å². The predicted octanol–water partition coefficient (Wildman–Crippen LogP) is 4.08. The van der Waals surface area contributed by atoms with Gasteiger partial charge in [0.15, 0.2) is 0 Å². The van der Waals surface area contributed by atoms with E-state index in [2.05, 4.69) is 5.32 Å². The number of carbonyl (C=O) groups is 1. The highest BCUT2D eigenvalue weighted by molar-refractivity contribution is 7.89. The van der Waals surface area contributed by atoms with Crippen molar-refractivity contribution in [2.45, 2.75) is 31.1 Å². The summed E-state index contributed by atoms with van der Waals surface area (Å²) in [6.45, 7) is 2.82. The normalized spacial score (nSPS) is 15.6. The molecule has 2 aromatic carbocycles. The zero-order valence-electron chi connectivity index (χ0n) is 14.5. The van der Waals surface area contributed by atoms with Gasteiger partial charge >= 0.3 is 0 Å². The van der Waals surface area contributed by atoms with Crippen LogP contribution in [0.4, 0.5) is 5.69 Å². The van der Waals surface area contributed by atoms with Crippen LogP contribution in [0.2, 0.25) is 5.02 Å². The lowest BCUT2D eigenvalue weighted by Crippen LogP contribution is -2.36. The van der Waals surface area contributed by atoms with Crippen LogP contribution in [-0.4, -0.2) is 31.7 Å². The lowest BCUT2D eigenvalue weighted by atomic mass is 10.1. The van der Waals surface area contributed by atoms with Crippen molar-refractivity contribution >= 4 is 33.2 Å². The number of hydrogen-bond acceptors (Lipinski definition) is 3. The minimum Gasteiger partial charge on any atom is -0.322 e. The third-order valence-corrected chi connectivity index (χ3v) is 6.69. The van der Waals surface area contributed by atoms with Crippen LogP contribution in [0.5, 0.6) is 0 Å². The van der Waals surface area contributed by atoms with Gasteiger partial charge in [-0.1, -0.05) is 30.2 Å². The molecule has 0 aromatic heterocycles. The van der Waals surface area contributed by atoms with Gasteiger partial charge in [-0.05, 0) is 55.7 Å². The number of carbonyl (C=O) groups excluding carboxylic acids is 1. The number of nitrogens with one attached hydrogen (secondary N) is 1. The number of rotatable bonds is 4. The molecule has 1 heterocycles. The number of anilines is 1. The SMILES string of the molecule is Cc1cc(Cl)ccc1NC(=O)c1ccccc1S(=O)(=O)N1CCCCC1. The average Bonchev–Trinajstić information content (AvgIpc) is 2.64. The molecule has 0 atom stereocenters. The van der Waals surface area contributed by atoms with E-state index in [1.165, 1.54) is 16.4 Å². The fraction of sp³-hybridized carbons (Fsp3) is 0.316. The second kappa shape index (κ2) is 7.78. The summed E-state index contributed by atoms with van der Waals surface area (Å²) in [6.07, 6.45) is 2.72. The Morgan fingerprint density at radius 3 is 2.46 bits per heavy atom. The van der Waals surface area contributed by atoms with E-state index >= 15 is 0 Å². The monoisotopic (exact) mass is 392 g/mol. The zero-order chi connectivity index (χ0) is 18.7. The molecule has 1 N–H and O–H groups in total. The summed E-state index contributed by atoms with van der Waals surface area (Å²) in [7, 11) is -3.70. The molecule has 1 amide bonds. The quantitative estimate of drug-likeness (QED) is 0.852. The second-order valence-corrected chi connectivity index (χ2v) is 8.72. The maximum atomic E-state index is 13.0. The first-order valence-electron chi connectivity index (χ1n) is 8.56. The van der Waals surface area contributed by atoms with Crippen LogP contribution in [0.3, 0.4) is 0 Å². The van der Waals surface area contributed by atoms with Crippen molar-refractivity contribution in [3.8, 4) is 0 Å². The average molecular weight is 393 g/mol. The van der Waals surface area contributed by atoms with Crippen molar-refractivity contribution in [3.63, 3.8) is 0 Å². The molecule has 1 aliphatic rings. The Balaban J connectivity index is 1.92. The van der Waals surface area contributed by atoms with Crippen LogP contribution in [-0.2, 0) is 10.0 Å². The number of nitrogens with zero attached hydrogens (tertiary/aromatic N) is 1. The van der Waals surface area contributed by atoms with Crippen molar-refractivity contribution in [1.29, 1.82) is 0 Å². The van der Waals surface area contributed by atoms with E-state index < -0.39 is 15.9 Å². The third kappa shape index (κ3) is 3.92. The number of amides is 1. The number of benzene rings is 2. The van der Waals surface area contributed by atoms with Gasteiger partial charge in [0.05, 0.1) is 10.5 Å². The minimum atomic E-state index is -3.70. The Morgan fingerprint density at radius 2 is 1.77 bits per heavy atom. The molecule has 5 nitrogen and oxygen atoms in total. The zero-order valence-corrected chi connectivity index (χ0v) is 16.1. The number of sulfonamides is 1. The standard InChI is InChI=1S/C19H21ClN2O3S/c1-14-13-15(20)9-10-17(14)21-19(23)16-7-3-4-8-18(16)26(24,25)22-11-5-2-6-12-22/h3-4,7-10,13H,2,5-6,11-12H2,1H3,(H,21,23). The third-order valence-electron chi connectivity index (χ3n) is 4.50. The van der Waals surface area contributed by atoms with Crippen molar-refractivity contribution in [1.82, 2.24) is 4.31 Å². The molecule has 0 radical (unpaired) electrons. The van der Waals surface area contributed by atoms with E-state index in [4.69, 9.17) is 11.6 Å². The first kappa shape index (κ1) is 18.9. The fourth-order valence-corrected chi connectivity index (χ4v) is 5.01. The molecule has 0 aliphatic carbocycles. The Kier molecular flexibility index (Phi) is 5.65. The molecule has 26 heavy (non-hydrogen) atoms. The number of halogens is 1. The van der Waals surface area contributed by atoms with E-state index in [0.29, 0.717) is 23.8 Å². The maximum absolute atomic E-state index is 13.0. The van der Waals surface area contributed by atoms with Gasteiger partial charge in [0.25, 0.3) is 5.91 Å². The van der Waals surface area contributed by atoms with Crippen LogP contribution >= 0.6 is 11.6 Å². The van der Waals surface area contributed by atoms with Crippen LogP contribution in [0.1, 0.15) is 35.2 Å². The Hall–Kier alpha value is -1.89. The van der Waals surface area contributed by atoms with Crippen LogP contribution in [0.25, 0.3) is 0 Å². The summed E-state index contributed by atoms with van der Waals surface area (Å²) in [5.41, 5.74) is 1.55. The molecule has 0 saturated carbocycles. The lowest BCUT2D eigenvalue weighted by molar-refractivity contribution is 0.102. The summed E-state index contributed by atoms with van der Waals surface area (Å²) >= 11 is 5.94. The van der Waals surface area contributed by atoms with E-state index in [0.717, 1.165) is 24.8 Å². The predicted molar refractivity (Wildman–Crippen MR) is 103 cm³/mol. The Morgan fingerprint density at radius 1 is 1.08 bits per heavy atom. The van der Waals surface area contributed by atoms with Crippen LogP contribution in [0, 0.1) is 6.92 Å². The molecule has 1 fully saturated rings. The highest BCUT2D eigenvalue weighted by Gasteiger charge is 2.29. The molecular formula is C19H21ClN2O3S. The first-order valence-corrected chi connectivity index (χ1v) is 10.4. The molecule has 1 saturated heterocycles. The summed E-state index contributed by atoms with van der Waals surface area (Å²) in [6, 6.07) is 11.5. The maximum Gasteiger partial charge on any atom is 0.257 e. The highest BCUT2D eigenvalue weighted by atomic mass is 35.5. The second-order valence-electron chi connectivity index (χ2n) is 6.37. The van der Waals surface area contributed by atoms with Gasteiger partial charge in [-0.3, -0.25) is 4.79 Å². The topological polar surface area (TPSA) is 66.5 Å². The molecule has 3 rings (SSSR count). The summed E-state index contributed by atoms with van der Waals surface area (Å²) in [4.78, 5) is 12.8. The number of piperidine rings is 1. The Bertz CT molecular complexity index is 922. The van der Waals surface area contributed by atoms with E-state index in [1.54, 1.807) is 30.3 Å². The molecule has 138 valence electrons. The van der Waals surface area contributed by atoms with Gasteiger partial charge in [-0.25, -0.2) is 8.42 Å². The lowest BCUT2D eigenvalue weighted by Gasteiger charge is -2.26. The van der Waals surface area contributed by atoms with Crippen molar-refractivity contribution in [3.05, 3.63) is 58.6 Å². The highest BCUT2D eigenvalue weighted by Crippen LogP contribution is 2.25. The van der Waals surface area contributed by atoms with Gasteiger partial charge in [-0.15, -0.1) is 0 Å². The molecule has 0 unspecified atom stereocenters. The number of hydrogen-bond donors (Lipinski definition) is 1. The molecule has 1 aliphatic heterocycles. The molecule has 7 heteroatoms. The molecular weight excluding hydrogens is 372 g/mol. The van der Waals surface area contributed by atoms with Gasteiger partial charge < -0.3 is 5.32 Å². The molecule has 0 bridgehead atoms. The fourth-order valence-electron chi connectivity index (χ4n) is 3.08. The van der Waals surface area contributed by atoms with Gasteiger partial charge in [0, 0.05) is 23.8 Å². The minimum absolute atomic E-state index is 0.0472. The molecule has 0 spiro atoms. The van der Waals surface area contributed by atoms with E-state index in [-0.39, 0.29) is 10.5 Å². The van der Waals surface area contributed by atoms with Crippen LogP contribution < -0.4 is 5.32 Å². The van der Waals surface area contributed by atoms with Gasteiger partial charge in [0.2, 0.25) is 10.0 Å². The van der Waals surface area contributed by atoms with E-state index in [9.17, 15) is 13.2 Å². The largest absolute Gasteiger partial charge is 0.322 e. The van der Waals surface area contributed by atoms with Gasteiger partial charge in [-0.2, -0.15) is 4.31 Å². The van der Waals surface area contributed by atoms with E-state index in [1.807, 2.05) is 6.92 Å².